The third-order valence-corrected chi connectivity index (χ3v) is 3.96. The van der Waals surface area contributed by atoms with E-state index in [-0.39, 0.29) is 9.52 Å². The zero-order chi connectivity index (χ0) is 7.11. The summed E-state index contributed by atoms with van der Waals surface area (Å²) in [5.41, 5.74) is 0. The highest BCUT2D eigenvalue weighted by molar-refractivity contribution is 6.52. The minimum Gasteiger partial charge on any atom is -0.305 e. The molecule has 3 heteroatoms. The van der Waals surface area contributed by atoms with Crippen molar-refractivity contribution in [2.75, 3.05) is 6.54 Å². The highest BCUT2D eigenvalue weighted by atomic mass is 35.5. The molecule has 0 aromatic rings. The summed E-state index contributed by atoms with van der Waals surface area (Å²) in [5.74, 6) is 0. The van der Waals surface area contributed by atoms with Crippen molar-refractivity contribution in [1.82, 2.24) is 5.32 Å². The lowest BCUT2D eigenvalue weighted by molar-refractivity contribution is 0.785. The third-order valence-electron chi connectivity index (χ3n) is 1.24. The fourth-order valence-corrected chi connectivity index (χ4v) is 2.58. The minimum absolute atomic E-state index is 0.0210. The third kappa shape index (κ3) is 6.35. The fraction of sp³-hybridized carbons (Fsp3) is 1.00. The second-order valence-corrected chi connectivity index (χ2v) is 5.31. The van der Waals surface area contributed by atoms with Crippen LogP contribution in [0.5, 0.6) is 0 Å². The first kappa shape index (κ1) is 9.47. The standard InChI is InChI=1S/C6H16ClNSi/c1-3-5-9-6(7)8-4-2/h6,8H,3-5,9H2,1-2H3. The van der Waals surface area contributed by atoms with E-state index in [9.17, 15) is 0 Å². The number of hydrogen-bond donors (Lipinski definition) is 1. The number of hydrogen-bond acceptors (Lipinski definition) is 1. The predicted octanol–water partition coefficient (Wildman–Crippen LogP) is 1.12. The zero-order valence-electron chi connectivity index (χ0n) is 6.28. The van der Waals surface area contributed by atoms with Crippen LogP contribution < -0.4 is 5.32 Å². The van der Waals surface area contributed by atoms with Gasteiger partial charge in [0.05, 0.1) is 14.6 Å². The minimum atomic E-state index is -0.0210. The van der Waals surface area contributed by atoms with Gasteiger partial charge in [-0.05, 0) is 6.54 Å². The molecule has 0 heterocycles. The van der Waals surface area contributed by atoms with Crippen molar-refractivity contribution in [3.63, 3.8) is 0 Å². The maximum absolute atomic E-state index is 5.91. The van der Waals surface area contributed by atoms with Gasteiger partial charge < -0.3 is 5.32 Å². The number of rotatable bonds is 5. The summed E-state index contributed by atoms with van der Waals surface area (Å²) in [5, 5.41) is 3.54. The van der Waals surface area contributed by atoms with E-state index in [2.05, 4.69) is 19.2 Å². The number of nitrogens with one attached hydrogen (secondary N) is 1. The van der Waals surface area contributed by atoms with Crippen LogP contribution in [0.15, 0.2) is 0 Å². The van der Waals surface area contributed by atoms with E-state index in [1.807, 2.05) is 0 Å². The molecule has 0 spiro atoms. The van der Waals surface area contributed by atoms with Crippen LogP contribution in [0.1, 0.15) is 20.3 Å². The topological polar surface area (TPSA) is 12.0 Å². The Morgan fingerprint density at radius 2 is 2.22 bits per heavy atom. The van der Waals surface area contributed by atoms with Crippen LogP contribution >= 0.6 is 11.6 Å². The normalized spacial score (nSPS) is 15.0. The summed E-state index contributed by atoms with van der Waals surface area (Å²) in [6.45, 7) is 5.31. The summed E-state index contributed by atoms with van der Waals surface area (Å²) in [7, 11) is -0.0210. The molecule has 0 aliphatic rings. The molecule has 1 atom stereocenters. The van der Waals surface area contributed by atoms with Crippen LogP contribution in [-0.2, 0) is 0 Å². The average Bonchev–Trinajstić information content (AvgIpc) is 1.85. The van der Waals surface area contributed by atoms with Crippen LogP contribution in [0.25, 0.3) is 0 Å². The molecule has 9 heavy (non-hydrogen) atoms. The second-order valence-electron chi connectivity index (χ2n) is 2.17. The first-order valence-corrected chi connectivity index (χ1v) is 5.94. The molecule has 1 nitrogen and oxygen atoms in total. The highest BCUT2D eigenvalue weighted by Gasteiger charge is 1.99. The van der Waals surface area contributed by atoms with Crippen molar-refractivity contribution in [1.29, 1.82) is 0 Å². The van der Waals surface area contributed by atoms with Crippen molar-refractivity contribution >= 4 is 21.1 Å². The lowest BCUT2D eigenvalue weighted by Crippen LogP contribution is -2.28. The molecule has 56 valence electrons. The summed E-state index contributed by atoms with van der Waals surface area (Å²) in [6.07, 6.45) is 1.29. The van der Waals surface area contributed by atoms with Crippen molar-refractivity contribution in [2.24, 2.45) is 0 Å². The number of halogens is 1. The van der Waals surface area contributed by atoms with Gasteiger partial charge in [-0.15, -0.1) is 11.6 Å². The van der Waals surface area contributed by atoms with E-state index >= 15 is 0 Å². The Morgan fingerprint density at radius 1 is 1.56 bits per heavy atom. The molecular weight excluding hydrogens is 150 g/mol. The van der Waals surface area contributed by atoms with Gasteiger partial charge >= 0.3 is 0 Å². The smallest absolute Gasteiger partial charge is 0.0656 e. The monoisotopic (exact) mass is 165 g/mol. The largest absolute Gasteiger partial charge is 0.305 e. The maximum Gasteiger partial charge on any atom is 0.0656 e. The van der Waals surface area contributed by atoms with Crippen LogP contribution in [0, 0.1) is 0 Å². The molecule has 0 saturated carbocycles. The molecule has 0 bridgehead atoms. The molecule has 0 saturated heterocycles. The molecule has 0 radical (unpaired) electrons. The summed E-state index contributed by atoms with van der Waals surface area (Å²) in [4.78, 5) is 0. The first-order valence-electron chi connectivity index (χ1n) is 3.68. The molecular formula is C6H16ClNSi. The fourth-order valence-electron chi connectivity index (χ4n) is 0.707. The van der Waals surface area contributed by atoms with Crippen LogP contribution in [0.2, 0.25) is 6.04 Å². The van der Waals surface area contributed by atoms with Crippen LogP contribution in [0.4, 0.5) is 0 Å². The van der Waals surface area contributed by atoms with Gasteiger partial charge in [-0.25, -0.2) is 0 Å². The molecule has 0 rings (SSSR count). The lowest BCUT2D eigenvalue weighted by atomic mass is 10.6. The Balaban J connectivity index is 2.95. The molecule has 0 aliphatic carbocycles. The Kier molecular flexibility index (Phi) is 6.93. The van der Waals surface area contributed by atoms with Gasteiger partial charge in [0.15, 0.2) is 0 Å². The van der Waals surface area contributed by atoms with Gasteiger partial charge in [0.1, 0.15) is 0 Å². The van der Waals surface area contributed by atoms with E-state index < -0.39 is 0 Å². The van der Waals surface area contributed by atoms with Gasteiger partial charge in [0.2, 0.25) is 0 Å². The van der Waals surface area contributed by atoms with Crippen molar-refractivity contribution in [2.45, 2.75) is 31.4 Å². The van der Waals surface area contributed by atoms with Crippen molar-refractivity contribution < 1.29 is 0 Å². The molecule has 0 aromatic heterocycles. The Morgan fingerprint density at radius 3 is 2.67 bits per heavy atom. The SMILES string of the molecule is CCC[SiH2]C(Cl)NCC. The van der Waals surface area contributed by atoms with E-state index in [4.69, 9.17) is 11.6 Å². The molecule has 0 fully saturated rings. The molecule has 0 aromatic carbocycles. The lowest BCUT2D eigenvalue weighted by Gasteiger charge is -2.06. The highest BCUT2D eigenvalue weighted by Crippen LogP contribution is 1.94. The average molecular weight is 166 g/mol. The van der Waals surface area contributed by atoms with E-state index in [0.717, 1.165) is 6.54 Å². The Hall–Kier alpha value is 0.467. The quantitative estimate of drug-likeness (QED) is 0.366. The summed E-state index contributed by atoms with van der Waals surface area (Å²) < 4.78 is 0. The Bertz CT molecular complexity index is 61.0. The number of alkyl halides is 1. The van der Waals surface area contributed by atoms with Crippen molar-refractivity contribution in [3.05, 3.63) is 0 Å². The second kappa shape index (κ2) is 6.58. The molecule has 0 aliphatic heterocycles. The molecule has 1 unspecified atom stereocenters. The van der Waals surface area contributed by atoms with E-state index in [1.54, 1.807) is 0 Å². The van der Waals surface area contributed by atoms with E-state index in [0.29, 0.717) is 5.12 Å². The van der Waals surface area contributed by atoms with Gasteiger partial charge in [-0.3, -0.25) is 0 Å². The Labute approximate surface area is 65.0 Å². The maximum atomic E-state index is 5.91. The van der Waals surface area contributed by atoms with Gasteiger partial charge in [-0.1, -0.05) is 26.3 Å². The summed E-state index contributed by atoms with van der Waals surface area (Å²) in [6, 6.07) is 1.36. The molecule has 1 N–H and O–H groups in total. The van der Waals surface area contributed by atoms with E-state index in [1.165, 1.54) is 12.5 Å². The molecule has 0 amide bonds. The van der Waals surface area contributed by atoms with Gasteiger partial charge in [-0.2, -0.15) is 0 Å². The zero-order valence-corrected chi connectivity index (χ0v) is 8.45. The van der Waals surface area contributed by atoms with Crippen molar-refractivity contribution in [3.8, 4) is 0 Å². The van der Waals surface area contributed by atoms with Crippen LogP contribution in [-0.4, -0.2) is 21.2 Å². The van der Waals surface area contributed by atoms with Crippen LogP contribution in [0.3, 0.4) is 0 Å². The summed E-state index contributed by atoms with van der Waals surface area (Å²) >= 11 is 5.91. The first-order chi connectivity index (χ1) is 4.31. The van der Waals surface area contributed by atoms with Gasteiger partial charge in [0, 0.05) is 0 Å². The van der Waals surface area contributed by atoms with Gasteiger partial charge in [0.25, 0.3) is 0 Å². The predicted molar refractivity (Wildman–Crippen MR) is 47.0 cm³/mol.